The number of carbonyl (C=O) groups is 1. The Morgan fingerprint density at radius 1 is 1.35 bits per heavy atom. The van der Waals surface area contributed by atoms with Gasteiger partial charge in [-0.05, 0) is 33.0 Å². The molecule has 20 heavy (non-hydrogen) atoms. The number of hydrogen-bond donors (Lipinski definition) is 1. The van der Waals surface area contributed by atoms with Crippen LogP contribution >= 0.6 is 0 Å². The summed E-state index contributed by atoms with van der Waals surface area (Å²) < 4.78 is 5.49. The fraction of sp³-hybridized carbons (Fsp3) is 0.667. The van der Waals surface area contributed by atoms with Crippen LogP contribution in [0.5, 0.6) is 0 Å². The predicted molar refractivity (Wildman–Crippen MR) is 78.7 cm³/mol. The van der Waals surface area contributed by atoms with E-state index in [1.54, 1.807) is 0 Å². The molecule has 5 heteroatoms. The average Bonchev–Trinajstić information content (AvgIpc) is 2.84. The van der Waals surface area contributed by atoms with Crippen molar-refractivity contribution in [2.45, 2.75) is 26.3 Å². The third kappa shape index (κ3) is 4.08. The Bertz CT molecular complexity index is 436. The molecule has 1 amide bonds. The smallest absolute Gasteiger partial charge is 0.237 e. The summed E-state index contributed by atoms with van der Waals surface area (Å²) in [5.41, 5.74) is 0. The predicted octanol–water partition coefficient (Wildman–Crippen LogP) is 0.883. The van der Waals surface area contributed by atoms with Crippen LogP contribution in [0.4, 0.5) is 0 Å². The lowest BCUT2D eigenvalue weighted by Gasteiger charge is -2.35. The van der Waals surface area contributed by atoms with Gasteiger partial charge in [0.25, 0.3) is 0 Å². The molecule has 0 bridgehead atoms. The van der Waals surface area contributed by atoms with Crippen LogP contribution in [0.25, 0.3) is 0 Å². The van der Waals surface area contributed by atoms with E-state index in [2.05, 4.69) is 22.2 Å². The van der Waals surface area contributed by atoms with Gasteiger partial charge in [-0.2, -0.15) is 0 Å². The molecule has 1 aliphatic rings. The number of carbonyl (C=O) groups excluding carboxylic acids is 1. The van der Waals surface area contributed by atoms with Crippen molar-refractivity contribution in [3.05, 3.63) is 23.7 Å². The summed E-state index contributed by atoms with van der Waals surface area (Å²) in [7, 11) is 2.12. The molecule has 0 spiro atoms. The van der Waals surface area contributed by atoms with E-state index in [4.69, 9.17) is 4.42 Å². The van der Waals surface area contributed by atoms with Crippen LogP contribution in [0.2, 0.25) is 0 Å². The van der Waals surface area contributed by atoms with Crippen LogP contribution in [-0.2, 0) is 11.2 Å². The molecule has 0 saturated carbocycles. The fourth-order valence-corrected chi connectivity index (χ4v) is 2.45. The summed E-state index contributed by atoms with van der Waals surface area (Å²) in [5, 5.41) is 2.99. The van der Waals surface area contributed by atoms with E-state index in [1.807, 2.05) is 26.0 Å². The Hall–Kier alpha value is -1.33. The lowest BCUT2D eigenvalue weighted by atomic mass is 10.2. The molecule has 1 atom stereocenters. The molecular weight excluding hydrogens is 254 g/mol. The van der Waals surface area contributed by atoms with Gasteiger partial charge in [-0.3, -0.25) is 9.69 Å². The number of likely N-dealkylation sites (N-methyl/N-ethyl adjacent to an activating group) is 1. The molecule has 1 aromatic rings. The van der Waals surface area contributed by atoms with Crippen LogP contribution in [0.15, 0.2) is 16.5 Å². The number of piperazine rings is 1. The van der Waals surface area contributed by atoms with Crippen molar-refractivity contribution < 1.29 is 9.21 Å². The minimum atomic E-state index is -0.0537. The van der Waals surface area contributed by atoms with E-state index in [1.165, 1.54) is 0 Å². The van der Waals surface area contributed by atoms with E-state index in [9.17, 15) is 4.79 Å². The fourth-order valence-electron chi connectivity index (χ4n) is 2.45. The van der Waals surface area contributed by atoms with Crippen LogP contribution < -0.4 is 5.32 Å². The second kappa shape index (κ2) is 6.90. The Balaban J connectivity index is 1.71. The quantitative estimate of drug-likeness (QED) is 0.869. The highest BCUT2D eigenvalue weighted by Crippen LogP contribution is 2.07. The van der Waals surface area contributed by atoms with Crippen LogP contribution in [0.1, 0.15) is 18.4 Å². The van der Waals surface area contributed by atoms with Crippen molar-refractivity contribution in [1.82, 2.24) is 15.1 Å². The number of nitrogens with one attached hydrogen (secondary N) is 1. The largest absolute Gasteiger partial charge is 0.466 e. The Morgan fingerprint density at radius 3 is 2.65 bits per heavy atom. The maximum atomic E-state index is 12.1. The normalized spacial score (nSPS) is 18.9. The SMILES string of the molecule is Cc1ccc(CCNC(=O)[C@@H](C)N2CCN(C)CC2)o1. The third-order valence-corrected chi connectivity index (χ3v) is 3.93. The van der Waals surface area contributed by atoms with Crippen molar-refractivity contribution in [2.24, 2.45) is 0 Å². The van der Waals surface area contributed by atoms with Gasteiger partial charge in [-0.25, -0.2) is 0 Å². The first kappa shape index (κ1) is 15.1. The van der Waals surface area contributed by atoms with Crippen molar-refractivity contribution in [1.29, 1.82) is 0 Å². The number of amides is 1. The lowest BCUT2D eigenvalue weighted by molar-refractivity contribution is -0.126. The highest BCUT2D eigenvalue weighted by atomic mass is 16.3. The molecule has 112 valence electrons. The van der Waals surface area contributed by atoms with E-state index < -0.39 is 0 Å². The zero-order valence-corrected chi connectivity index (χ0v) is 12.7. The van der Waals surface area contributed by atoms with Gasteiger partial charge in [0.2, 0.25) is 5.91 Å². The molecule has 1 aliphatic heterocycles. The van der Waals surface area contributed by atoms with Crippen LogP contribution in [0.3, 0.4) is 0 Å². The monoisotopic (exact) mass is 279 g/mol. The van der Waals surface area contributed by atoms with Gasteiger partial charge in [0.05, 0.1) is 6.04 Å². The zero-order valence-electron chi connectivity index (χ0n) is 12.7. The second-order valence-electron chi connectivity index (χ2n) is 5.57. The van der Waals surface area contributed by atoms with Gasteiger partial charge in [-0.15, -0.1) is 0 Å². The molecule has 2 heterocycles. The molecule has 1 fully saturated rings. The van der Waals surface area contributed by atoms with Crippen LogP contribution in [0, 0.1) is 6.92 Å². The van der Waals surface area contributed by atoms with Gasteiger partial charge >= 0.3 is 0 Å². The second-order valence-corrected chi connectivity index (χ2v) is 5.57. The van der Waals surface area contributed by atoms with Crippen LogP contribution in [-0.4, -0.2) is 61.5 Å². The molecule has 0 unspecified atom stereocenters. The summed E-state index contributed by atoms with van der Waals surface area (Å²) in [6.07, 6.45) is 0.745. The number of aryl methyl sites for hydroxylation is 1. The first-order valence-corrected chi connectivity index (χ1v) is 7.32. The van der Waals surface area contributed by atoms with E-state index >= 15 is 0 Å². The minimum absolute atomic E-state index is 0.0537. The highest BCUT2D eigenvalue weighted by molar-refractivity contribution is 5.81. The maximum absolute atomic E-state index is 12.1. The number of furan rings is 1. The first-order valence-electron chi connectivity index (χ1n) is 7.32. The molecule has 1 saturated heterocycles. The Labute approximate surface area is 120 Å². The maximum Gasteiger partial charge on any atom is 0.237 e. The van der Waals surface area contributed by atoms with Gasteiger partial charge in [0.15, 0.2) is 0 Å². The number of rotatable bonds is 5. The van der Waals surface area contributed by atoms with E-state index in [0.29, 0.717) is 6.54 Å². The molecule has 0 aliphatic carbocycles. The highest BCUT2D eigenvalue weighted by Gasteiger charge is 2.23. The standard InChI is InChI=1S/C15H25N3O2/c1-12-4-5-14(20-12)6-7-16-15(19)13(2)18-10-8-17(3)9-11-18/h4-5,13H,6-11H2,1-3H3,(H,16,19)/t13-/m1/s1. The van der Waals surface area contributed by atoms with Crippen molar-refractivity contribution in [3.8, 4) is 0 Å². The molecule has 0 aromatic carbocycles. The number of nitrogens with zero attached hydrogens (tertiary/aromatic N) is 2. The van der Waals surface area contributed by atoms with Gasteiger partial charge < -0.3 is 14.6 Å². The van der Waals surface area contributed by atoms with Gasteiger partial charge in [0, 0.05) is 39.1 Å². The topological polar surface area (TPSA) is 48.7 Å². The van der Waals surface area contributed by atoms with E-state index in [0.717, 1.165) is 44.1 Å². The third-order valence-electron chi connectivity index (χ3n) is 3.93. The molecule has 1 aromatic heterocycles. The van der Waals surface area contributed by atoms with Gasteiger partial charge in [0.1, 0.15) is 11.5 Å². The number of hydrogen-bond acceptors (Lipinski definition) is 4. The van der Waals surface area contributed by atoms with Crippen molar-refractivity contribution in [3.63, 3.8) is 0 Å². The molecular formula is C15H25N3O2. The van der Waals surface area contributed by atoms with E-state index in [-0.39, 0.29) is 11.9 Å². The lowest BCUT2D eigenvalue weighted by Crippen LogP contribution is -2.53. The Morgan fingerprint density at radius 2 is 2.05 bits per heavy atom. The average molecular weight is 279 g/mol. The first-order chi connectivity index (χ1) is 9.56. The van der Waals surface area contributed by atoms with Gasteiger partial charge in [-0.1, -0.05) is 0 Å². The zero-order chi connectivity index (χ0) is 14.5. The summed E-state index contributed by atoms with van der Waals surface area (Å²) in [5.74, 6) is 1.95. The summed E-state index contributed by atoms with van der Waals surface area (Å²) in [4.78, 5) is 16.7. The van der Waals surface area contributed by atoms with Crippen molar-refractivity contribution in [2.75, 3.05) is 39.8 Å². The molecule has 0 radical (unpaired) electrons. The molecule has 2 rings (SSSR count). The van der Waals surface area contributed by atoms with Crippen molar-refractivity contribution >= 4 is 5.91 Å². The summed E-state index contributed by atoms with van der Waals surface area (Å²) in [6.45, 7) is 8.52. The summed E-state index contributed by atoms with van der Waals surface area (Å²) in [6, 6.07) is 3.86. The minimum Gasteiger partial charge on any atom is -0.466 e. The summed E-state index contributed by atoms with van der Waals surface area (Å²) >= 11 is 0. The molecule has 5 nitrogen and oxygen atoms in total. The Kier molecular flexibility index (Phi) is 5.20. The molecule has 1 N–H and O–H groups in total.